The number of aryl methyl sites for hydroxylation is 1. The van der Waals surface area contributed by atoms with Crippen LogP contribution in [0.3, 0.4) is 0 Å². The highest BCUT2D eigenvalue weighted by atomic mass is 35.5. The number of amides is 2. The summed E-state index contributed by atoms with van der Waals surface area (Å²) in [6.45, 7) is 2.68. The van der Waals surface area contributed by atoms with Gasteiger partial charge in [0, 0.05) is 13.6 Å². The lowest BCUT2D eigenvalue weighted by molar-refractivity contribution is -0.139. The molecular weight excluding hydrogens is 540 g/mol. The molecule has 0 spiro atoms. The highest BCUT2D eigenvalue weighted by Crippen LogP contribution is 2.26. The lowest BCUT2D eigenvalue weighted by Crippen LogP contribution is -2.50. The second kappa shape index (κ2) is 11.9. The predicted octanol–water partition coefficient (Wildman–Crippen LogP) is 4.80. The average Bonchev–Trinajstić information content (AvgIpc) is 2.87. The maximum absolute atomic E-state index is 13.7. The second-order valence-corrected chi connectivity index (χ2v) is 11.0. The summed E-state index contributed by atoms with van der Waals surface area (Å²) in [6, 6.07) is 14.8. The quantitative estimate of drug-likeness (QED) is 0.403. The molecule has 196 valence electrons. The van der Waals surface area contributed by atoms with Crippen LogP contribution >= 0.6 is 23.2 Å². The predicted molar refractivity (Wildman–Crippen MR) is 143 cm³/mol. The van der Waals surface area contributed by atoms with E-state index in [1.807, 2.05) is 6.92 Å². The molecule has 0 aliphatic heterocycles. The van der Waals surface area contributed by atoms with Crippen molar-refractivity contribution in [2.24, 2.45) is 0 Å². The molecule has 0 aliphatic carbocycles. The monoisotopic (exact) mass is 565 g/mol. The Bertz CT molecular complexity index is 1380. The molecule has 1 N–H and O–H groups in total. The van der Waals surface area contributed by atoms with Crippen molar-refractivity contribution in [3.63, 3.8) is 0 Å². The number of nitrogens with one attached hydrogen (secondary N) is 1. The SMILES string of the molecule is CNC(=O)C(C)N(Cc1ccc(Cl)c(Cl)c1)C(=O)CN(c1ccc(F)cc1)S(=O)(=O)c1ccc(C)cc1. The molecule has 0 aliphatic rings. The maximum Gasteiger partial charge on any atom is 0.264 e. The van der Waals surface area contributed by atoms with E-state index in [0.717, 1.165) is 22.0 Å². The van der Waals surface area contributed by atoms with Crippen LogP contribution in [0.2, 0.25) is 10.0 Å². The van der Waals surface area contributed by atoms with Crippen molar-refractivity contribution in [1.29, 1.82) is 0 Å². The summed E-state index contributed by atoms with van der Waals surface area (Å²) >= 11 is 12.1. The molecule has 11 heteroatoms. The standard InChI is InChI=1S/C26H26Cl2FN3O4S/c1-17-4-11-22(12-5-17)37(35,36)32(21-9-7-20(29)8-10-21)16-25(33)31(18(2)26(34)30-3)15-19-6-13-23(27)24(28)14-19/h4-14,18H,15-16H2,1-3H3,(H,30,34). The first-order chi connectivity index (χ1) is 17.4. The Morgan fingerprint density at radius 3 is 2.16 bits per heavy atom. The molecule has 0 heterocycles. The topological polar surface area (TPSA) is 86.8 Å². The van der Waals surface area contributed by atoms with Crippen molar-refractivity contribution in [1.82, 2.24) is 10.2 Å². The molecule has 3 aromatic carbocycles. The van der Waals surface area contributed by atoms with Crippen molar-refractivity contribution in [3.8, 4) is 0 Å². The lowest BCUT2D eigenvalue weighted by atomic mass is 10.1. The molecule has 0 fully saturated rings. The van der Waals surface area contributed by atoms with Gasteiger partial charge in [-0.2, -0.15) is 0 Å². The van der Waals surface area contributed by atoms with Crippen molar-refractivity contribution in [3.05, 3.63) is 93.7 Å². The second-order valence-electron chi connectivity index (χ2n) is 8.36. The maximum atomic E-state index is 13.7. The zero-order valence-electron chi connectivity index (χ0n) is 20.4. The fraction of sp³-hybridized carbons (Fsp3) is 0.231. The molecule has 2 amide bonds. The van der Waals surface area contributed by atoms with Gasteiger partial charge in [0.2, 0.25) is 11.8 Å². The number of anilines is 1. The van der Waals surface area contributed by atoms with E-state index in [9.17, 15) is 22.4 Å². The molecule has 0 radical (unpaired) electrons. The van der Waals surface area contributed by atoms with E-state index in [-0.39, 0.29) is 22.2 Å². The van der Waals surface area contributed by atoms with E-state index in [0.29, 0.717) is 10.6 Å². The van der Waals surface area contributed by atoms with Crippen molar-refractivity contribution < 1.29 is 22.4 Å². The Labute approximate surface area is 225 Å². The number of likely N-dealkylation sites (N-methyl/N-ethyl adjacent to an activating group) is 1. The van der Waals surface area contributed by atoms with Gasteiger partial charge in [0.05, 0.1) is 20.6 Å². The first-order valence-electron chi connectivity index (χ1n) is 11.2. The number of halogens is 3. The van der Waals surface area contributed by atoms with Crippen LogP contribution in [0.15, 0.2) is 71.6 Å². The molecule has 7 nitrogen and oxygen atoms in total. The van der Waals surface area contributed by atoms with Crippen molar-refractivity contribution in [2.75, 3.05) is 17.9 Å². The summed E-state index contributed by atoms with van der Waals surface area (Å²) in [5.74, 6) is -1.65. The molecular formula is C26H26Cl2FN3O4S. The van der Waals surface area contributed by atoms with Crippen LogP contribution in [0, 0.1) is 12.7 Å². The molecule has 3 rings (SSSR count). The number of nitrogens with zero attached hydrogens (tertiary/aromatic N) is 2. The van der Waals surface area contributed by atoms with Gasteiger partial charge in [-0.1, -0.05) is 47.0 Å². The third kappa shape index (κ3) is 6.80. The van der Waals surface area contributed by atoms with Crippen LogP contribution in [-0.2, 0) is 26.2 Å². The van der Waals surface area contributed by atoms with Gasteiger partial charge in [-0.05, 0) is 67.9 Å². The Morgan fingerprint density at radius 2 is 1.59 bits per heavy atom. The minimum atomic E-state index is -4.22. The van der Waals surface area contributed by atoms with Gasteiger partial charge in [-0.15, -0.1) is 0 Å². The molecule has 1 unspecified atom stereocenters. The number of hydrogen-bond donors (Lipinski definition) is 1. The molecule has 0 saturated heterocycles. The first kappa shape index (κ1) is 28.4. The number of rotatable bonds is 9. The molecule has 0 saturated carbocycles. The number of carbonyl (C=O) groups is 2. The highest BCUT2D eigenvalue weighted by molar-refractivity contribution is 7.92. The third-order valence-corrected chi connectivity index (χ3v) is 8.28. The van der Waals surface area contributed by atoms with E-state index in [1.165, 1.54) is 43.1 Å². The van der Waals surface area contributed by atoms with E-state index >= 15 is 0 Å². The summed E-state index contributed by atoms with van der Waals surface area (Å²) in [5.41, 5.74) is 1.54. The van der Waals surface area contributed by atoms with Crippen LogP contribution in [-0.4, -0.2) is 44.8 Å². The summed E-state index contributed by atoms with van der Waals surface area (Å²) < 4.78 is 41.8. The Kier molecular flexibility index (Phi) is 9.17. The van der Waals surface area contributed by atoms with Crippen LogP contribution in [0.1, 0.15) is 18.1 Å². The van der Waals surface area contributed by atoms with E-state index in [4.69, 9.17) is 23.2 Å². The summed E-state index contributed by atoms with van der Waals surface area (Å²) in [5, 5.41) is 3.11. The highest BCUT2D eigenvalue weighted by Gasteiger charge is 2.32. The third-order valence-electron chi connectivity index (χ3n) is 5.75. The molecule has 1 atom stereocenters. The normalized spacial score (nSPS) is 12.1. The molecule has 3 aromatic rings. The van der Waals surface area contributed by atoms with Crippen LogP contribution in [0.4, 0.5) is 10.1 Å². The zero-order valence-corrected chi connectivity index (χ0v) is 22.7. The first-order valence-corrected chi connectivity index (χ1v) is 13.4. The zero-order chi connectivity index (χ0) is 27.3. The number of sulfonamides is 1. The van der Waals surface area contributed by atoms with E-state index in [2.05, 4.69) is 5.32 Å². The largest absolute Gasteiger partial charge is 0.357 e. The van der Waals surface area contributed by atoms with E-state index in [1.54, 1.807) is 30.3 Å². The van der Waals surface area contributed by atoms with Crippen molar-refractivity contribution in [2.45, 2.75) is 31.3 Å². The number of benzene rings is 3. The minimum absolute atomic E-state index is 0.0356. The summed E-state index contributed by atoms with van der Waals surface area (Å²) in [7, 11) is -2.79. The Balaban J connectivity index is 2.03. The van der Waals surface area contributed by atoms with Crippen LogP contribution in [0.25, 0.3) is 0 Å². The van der Waals surface area contributed by atoms with E-state index < -0.39 is 40.2 Å². The fourth-order valence-corrected chi connectivity index (χ4v) is 5.33. The summed E-state index contributed by atoms with van der Waals surface area (Å²) in [6.07, 6.45) is 0. The molecule has 0 aromatic heterocycles. The molecule has 37 heavy (non-hydrogen) atoms. The smallest absolute Gasteiger partial charge is 0.264 e. The van der Waals surface area contributed by atoms with Gasteiger partial charge < -0.3 is 10.2 Å². The number of carbonyl (C=O) groups excluding carboxylic acids is 2. The van der Waals surface area contributed by atoms with Crippen molar-refractivity contribution >= 4 is 50.7 Å². The van der Waals surface area contributed by atoms with Gasteiger partial charge in [0.25, 0.3) is 10.0 Å². The van der Waals surface area contributed by atoms with Crippen LogP contribution in [0.5, 0.6) is 0 Å². The van der Waals surface area contributed by atoms with Gasteiger partial charge >= 0.3 is 0 Å². The lowest BCUT2D eigenvalue weighted by Gasteiger charge is -2.31. The molecule has 0 bridgehead atoms. The fourth-order valence-electron chi connectivity index (χ4n) is 3.60. The van der Waals surface area contributed by atoms with Gasteiger partial charge in [-0.25, -0.2) is 12.8 Å². The summed E-state index contributed by atoms with van der Waals surface area (Å²) in [4.78, 5) is 27.4. The minimum Gasteiger partial charge on any atom is -0.357 e. The van der Waals surface area contributed by atoms with Gasteiger partial charge in [0.15, 0.2) is 0 Å². The Morgan fingerprint density at radius 1 is 0.973 bits per heavy atom. The van der Waals surface area contributed by atoms with Gasteiger partial charge in [0.1, 0.15) is 18.4 Å². The average molecular weight is 566 g/mol. The van der Waals surface area contributed by atoms with Gasteiger partial charge in [-0.3, -0.25) is 13.9 Å². The number of hydrogen-bond acceptors (Lipinski definition) is 4. The Hall–Kier alpha value is -3.14. The van der Waals surface area contributed by atoms with Crippen LogP contribution < -0.4 is 9.62 Å².